The Hall–Kier alpha value is -2.37. The van der Waals surface area contributed by atoms with E-state index in [0.29, 0.717) is 5.69 Å². The third-order valence-electron chi connectivity index (χ3n) is 2.80. The van der Waals surface area contributed by atoms with E-state index in [4.69, 9.17) is 5.11 Å². The molecule has 100 valence electrons. The van der Waals surface area contributed by atoms with Crippen LogP contribution in [0.1, 0.15) is 19.2 Å². The first-order valence-electron chi connectivity index (χ1n) is 5.94. The summed E-state index contributed by atoms with van der Waals surface area (Å²) in [6.45, 7) is 3.36. The van der Waals surface area contributed by atoms with Crippen LogP contribution in [0.25, 0.3) is 11.0 Å². The number of imidazole rings is 1. The van der Waals surface area contributed by atoms with E-state index >= 15 is 0 Å². The number of aliphatic carboxylic acids is 1. The average Bonchev–Trinajstić information content (AvgIpc) is 2.68. The molecule has 0 saturated heterocycles. The van der Waals surface area contributed by atoms with Crippen molar-refractivity contribution in [2.75, 3.05) is 5.32 Å². The van der Waals surface area contributed by atoms with E-state index in [1.54, 1.807) is 18.2 Å². The number of fused-ring (bicyclic) bond motifs is 1. The monoisotopic (exact) mass is 261 g/mol. The second kappa shape index (κ2) is 5.09. The molecule has 2 aromatic rings. The van der Waals surface area contributed by atoms with Crippen molar-refractivity contribution >= 4 is 28.6 Å². The molecule has 1 unspecified atom stereocenters. The van der Waals surface area contributed by atoms with Crippen LogP contribution in [-0.4, -0.2) is 27.0 Å². The largest absolute Gasteiger partial charge is 0.481 e. The van der Waals surface area contributed by atoms with Crippen molar-refractivity contribution in [2.45, 2.75) is 20.3 Å². The lowest BCUT2D eigenvalue weighted by Gasteiger charge is -2.07. The molecule has 0 spiro atoms. The SMILES string of the molecule is Cc1nc2ccc(NC(=O)CC(C)C(=O)O)cc2[nH]1. The topological polar surface area (TPSA) is 95.1 Å². The van der Waals surface area contributed by atoms with Gasteiger partial charge in [-0.1, -0.05) is 6.92 Å². The Morgan fingerprint density at radius 1 is 1.47 bits per heavy atom. The molecular weight excluding hydrogens is 246 g/mol. The molecule has 0 radical (unpaired) electrons. The smallest absolute Gasteiger partial charge is 0.306 e. The Bertz CT molecular complexity index is 633. The van der Waals surface area contributed by atoms with Crippen LogP contribution in [0.3, 0.4) is 0 Å². The van der Waals surface area contributed by atoms with Crippen LogP contribution in [0.15, 0.2) is 18.2 Å². The normalized spacial score (nSPS) is 12.3. The molecule has 3 N–H and O–H groups in total. The van der Waals surface area contributed by atoms with Gasteiger partial charge in [0.15, 0.2) is 0 Å². The van der Waals surface area contributed by atoms with Gasteiger partial charge in [0.2, 0.25) is 5.91 Å². The second-order valence-corrected chi connectivity index (χ2v) is 4.55. The fourth-order valence-electron chi connectivity index (χ4n) is 1.79. The maximum absolute atomic E-state index is 11.7. The van der Waals surface area contributed by atoms with Gasteiger partial charge in [-0.15, -0.1) is 0 Å². The van der Waals surface area contributed by atoms with E-state index < -0.39 is 11.9 Å². The van der Waals surface area contributed by atoms with Crippen molar-refractivity contribution in [1.29, 1.82) is 0 Å². The summed E-state index contributed by atoms with van der Waals surface area (Å²) in [5.41, 5.74) is 2.29. The van der Waals surface area contributed by atoms with Crippen LogP contribution in [0.2, 0.25) is 0 Å². The fourth-order valence-corrected chi connectivity index (χ4v) is 1.79. The molecule has 0 fully saturated rings. The van der Waals surface area contributed by atoms with E-state index in [1.165, 1.54) is 6.92 Å². The molecule has 1 atom stereocenters. The lowest BCUT2D eigenvalue weighted by atomic mass is 10.1. The number of nitrogens with zero attached hydrogens (tertiary/aromatic N) is 1. The van der Waals surface area contributed by atoms with Crippen LogP contribution in [-0.2, 0) is 9.59 Å². The third-order valence-corrected chi connectivity index (χ3v) is 2.80. The minimum absolute atomic E-state index is 0.0463. The van der Waals surface area contributed by atoms with Crippen LogP contribution in [0.5, 0.6) is 0 Å². The first-order chi connectivity index (χ1) is 8.95. The van der Waals surface area contributed by atoms with Gasteiger partial charge in [-0.2, -0.15) is 0 Å². The minimum Gasteiger partial charge on any atom is -0.481 e. The maximum Gasteiger partial charge on any atom is 0.306 e. The van der Waals surface area contributed by atoms with Gasteiger partial charge in [-0.3, -0.25) is 9.59 Å². The lowest BCUT2D eigenvalue weighted by molar-refractivity contribution is -0.142. The second-order valence-electron chi connectivity index (χ2n) is 4.55. The number of amides is 1. The van der Waals surface area contributed by atoms with Crippen LogP contribution < -0.4 is 5.32 Å². The molecule has 1 aromatic carbocycles. The third kappa shape index (κ3) is 3.09. The number of aromatic amines is 1. The van der Waals surface area contributed by atoms with Gasteiger partial charge in [0.1, 0.15) is 5.82 Å². The predicted octanol–water partition coefficient (Wildman–Crippen LogP) is 1.92. The highest BCUT2D eigenvalue weighted by Crippen LogP contribution is 2.17. The summed E-state index contributed by atoms with van der Waals surface area (Å²) in [6.07, 6.45) is -0.0463. The maximum atomic E-state index is 11.7. The molecule has 19 heavy (non-hydrogen) atoms. The summed E-state index contributed by atoms with van der Waals surface area (Å²) in [5.74, 6) is -1.18. The zero-order valence-corrected chi connectivity index (χ0v) is 10.7. The van der Waals surface area contributed by atoms with Gasteiger partial charge >= 0.3 is 5.97 Å². The molecule has 6 nitrogen and oxygen atoms in total. The summed E-state index contributed by atoms with van der Waals surface area (Å²) in [5, 5.41) is 11.4. The Labute approximate surface area is 109 Å². The van der Waals surface area contributed by atoms with Crippen LogP contribution in [0.4, 0.5) is 5.69 Å². The van der Waals surface area contributed by atoms with Gasteiger partial charge in [-0.05, 0) is 25.1 Å². The van der Waals surface area contributed by atoms with Gasteiger partial charge in [0, 0.05) is 12.1 Å². The highest BCUT2D eigenvalue weighted by Gasteiger charge is 2.15. The number of benzene rings is 1. The van der Waals surface area contributed by atoms with Crippen molar-refractivity contribution < 1.29 is 14.7 Å². The zero-order valence-electron chi connectivity index (χ0n) is 10.7. The quantitative estimate of drug-likeness (QED) is 0.783. The standard InChI is InChI=1S/C13H15N3O3/c1-7(13(18)19)5-12(17)16-9-3-4-10-11(6-9)15-8(2)14-10/h3-4,6-7H,5H2,1-2H3,(H,14,15)(H,16,17)(H,18,19). The number of aryl methyl sites for hydroxylation is 1. The molecule has 0 aliphatic carbocycles. The number of carbonyl (C=O) groups excluding carboxylic acids is 1. The van der Waals surface area contributed by atoms with Gasteiger partial charge in [-0.25, -0.2) is 4.98 Å². The molecule has 0 aliphatic heterocycles. The Morgan fingerprint density at radius 2 is 2.21 bits per heavy atom. The number of carboxylic acid groups (broad SMARTS) is 1. The van der Waals surface area contributed by atoms with Crippen molar-refractivity contribution in [1.82, 2.24) is 9.97 Å². The number of anilines is 1. The van der Waals surface area contributed by atoms with Crippen LogP contribution >= 0.6 is 0 Å². The van der Waals surface area contributed by atoms with Crippen molar-refractivity contribution in [3.63, 3.8) is 0 Å². The minimum atomic E-state index is -0.977. The number of aromatic nitrogens is 2. The van der Waals surface area contributed by atoms with E-state index in [9.17, 15) is 9.59 Å². The first-order valence-corrected chi connectivity index (χ1v) is 5.94. The zero-order chi connectivity index (χ0) is 14.0. The van der Waals surface area contributed by atoms with E-state index in [1.807, 2.05) is 6.92 Å². The summed E-state index contributed by atoms with van der Waals surface area (Å²) in [6, 6.07) is 5.32. The number of hydrogen-bond acceptors (Lipinski definition) is 3. The molecule has 0 bridgehead atoms. The van der Waals surface area contributed by atoms with Gasteiger partial charge in [0.25, 0.3) is 0 Å². The highest BCUT2D eigenvalue weighted by molar-refractivity contribution is 5.94. The van der Waals surface area contributed by atoms with Crippen molar-refractivity contribution in [3.8, 4) is 0 Å². The fraction of sp³-hybridized carbons (Fsp3) is 0.308. The highest BCUT2D eigenvalue weighted by atomic mass is 16.4. The van der Waals surface area contributed by atoms with E-state index in [-0.39, 0.29) is 12.3 Å². The summed E-state index contributed by atoms with van der Waals surface area (Å²) >= 11 is 0. The molecule has 6 heteroatoms. The Balaban J connectivity index is 2.08. The first kappa shape index (κ1) is 13.1. The Morgan fingerprint density at radius 3 is 2.89 bits per heavy atom. The number of nitrogens with one attached hydrogen (secondary N) is 2. The summed E-state index contributed by atoms with van der Waals surface area (Å²) in [7, 11) is 0. The predicted molar refractivity (Wildman–Crippen MR) is 70.9 cm³/mol. The van der Waals surface area contributed by atoms with Crippen LogP contribution in [0, 0.1) is 12.8 Å². The molecule has 0 aliphatic rings. The van der Waals surface area contributed by atoms with Gasteiger partial charge in [0.05, 0.1) is 17.0 Å². The number of H-pyrrole nitrogens is 1. The Kier molecular flexibility index (Phi) is 3.50. The molecule has 1 amide bonds. The molecule has 0 saturated carbocycles. The van der Waals surface area contributed by atoms with Crippen molar-refractivity contribution in [3.05, 3.63) is 24.0 Å². The molecule has 1 aromatic heterocycles. The summed E-state index contributed by atoms with van der Waals surface area (Å²) in [4.78, 5) is 29.7. The molecule has 1 heterocycles. The summed E-state index contributed by atoms with van der Waals surface area (Å²) < 4.78 is 0. The lowest BCUT2D eigenvalue weighted by Crippen LogP contribution is -2.19. The average molecular weight is 261 g/mol. The number of carboxylic acids is 1. The van der Waals surface area contributed by atoms with E-state index in [2.05, 4.69) is 15.3 Å². The number of rotatable bonds is 4. The number of carbonyl (C=O) groups is 2. The van der Waals surface area contributed by atoms with Crippen molar-refractivity contribution in [2.24, 2.45) is 5.92 Å². The van der Waals surface area contributed by atoms with Gasteiger partial charge < -0.3 is 15.4 Å². The molecule has 2 rings (SSSR count). The molecular formula is C13H15N3O3. The van der Waals surface area contributed by atoms with E-state index in [0.717, 1.165) is 16.9 Å². The number of hydrogen-bond donors (Lipinski definition) is 3.